The summed E-state index contributed by atoms with van der Waals surface area (Å²) in [5.41, 5.74) is 5.88. The van der Waals surface area contributed by atoms with Gasteiger partial charge < -0.3 is 20.1 Å². The van der Waals surface area contributed by atoms with E-state index in [1.807, 2.05) is 31.1 Å². The van der Waals surface area contributed by atoms with E-state index in [1.165, 1.54) is 6.08 Å². The Morgan fingerprint density at radius 2 is 2.11 bits per heavy atom. The molecule has 0 heterocycles. The van der Waals surface area contributed by atoms with E-state index in [1.54, 1.807) is 19.3 Å². The van der Waals surface area contributed by atoms with E-state index in [4.69, 9.17) is 15.2 Å². The highest BCUT2D eigenvalue weighted by molar-refractivity contribution is 5.90. The third kappa shape index (κ3) is 5.44. The Bertz CT molecular complexity index is 456. The topological polar surface area (TPSA) is 64.8 Å². The zero-order valence-electron chi connectivity index (χ0n) is 11.6. The van der Waals surface area contributed by atoms with Gasteiger partial charge in [-0.25, -0.2) is 0 Å². The molecule has 1 aromatic rings. The number of nitrogens with zero attached hydrogens (tertiary/aromatic N) is 1. The van der Waals surface area contributed by atoms with E-state index >= 15 is 0 Å². The van der Waals surface area contributed by atoms with Crippen molar-refractivity contribution in [2.45, 2.75) is 0 Å². The maximum atomic E-state index is 10.7. The number of hydrogen-bond donors (Lipinski definition) is 1. The lowest BCUT2D eigenvalue weighted by atomic mass is 10.2. The molecule has 0 fully saturated rings. The lowest BCUT2D eigenvalue weighted by Crippen LogP contribution is -2.19. The van der Waals surface area contributed by atoms with Gasteiger partial charge in [-0.05, 0) is 37.9 Å². The number of primary amides is 1. The average Bonchev–Trinajstić information content (AvgIpc) is 2.36. The van der Waals surface area contributed by atoms with Gasteiger partial charge in [-0.3, -0.25) is 4.79 Å². The number of likely N-dealkylation sites (N-methyl/N-ethyl adjacent to an activating group) is 1. The lowest BCUT2D eigenvalue weighted by Gasteiger charge is -2.13. The molecule has 0 aromatic heterocycles. The molecule has 0 radical (unpaired) electrons. The van der Waals surface area contributed by atoms with Gasteiger partial charge in [-0.15, -0.1) is 0 Å². The molecule has 0 aliphatic heterocycles. The van der Waals surface area contributed by atoms with Gasteiger partial charge in [0.05, 0.1) is 7.11 Å². The molecule has 1 amide bonds. The Kier molecular flexibility index (Phi) is 5.89. The van der Waals surface area contributed by atoms with Crippen LogP contribution in [-0.2, 0) is 4.79 Å². The van der Waals surface area contributed by atoms with E-state index in [0.717, 1.165) is 12.1 Å². The second-order valence-corrected chi connectivity index (χ2v) is 4.30. The fourth-order valence-corrected chi connectivity index (χ4v) is 1.42. The summed E-state index contributed by atoms with van der Waals surface area (Å²) < 4.78 is 10.9. The van der Waals surface area contributed by atoms with Gasteiger partial charge in [0.1, 0.15) is 6.61 Å². The molecular formula is C14H20N2O3. The highest BCUT2D eigenvalue weighted by Crippen LogP contribution is 2.28. The summed E-state index contributed by atoms with van der Waals surface area (Å²) in [7, 11) is 5.55. The zero-order chi connectivity index (χ0) is 14.3. The van der Waals surface area contributed by atoms with Gasteiger partial charge >= 0.3 is 0 Å². The molecule has 1 aromatic carbocycles. The molecule has 19 heavy (non-hydrogen) atoms. The van der Waals surface area contributed by atoms with Crippen LogP contribution in [0.25, 0.3) is 6.08 Å². The molecule has 0 spiro atoms. The van der Waals surface area contributed by atoms with Gasteiger partial charge in [0, 0.05) is 12.6 Å². The first kappa shape index (κ1) is 15.0. The molecule has 0 atom stereocenters. The number of carbonyl (C=O) groups is 1. The normalized spacial score (nSPS) is 10.9. The number of rotatable bonds is 7. The van der Waals surface area contributed by atoms with Crippen LogP contribution in [0.15, 0.2) is 24.3 Å². The number of ether oxygens (including phenoxy) is 2. The molecule has 0 saturated carbocycles. The Labute approximate surface area is 113 Å². The second-order valence-electron chi connectivity index (χ2n) is 4.30. The molecule has 0 saturated heterocycles. The first-order valence-electron chi connectivity index (χ1n) is 5.96. The number of benzene rings is 1. The average molecular weight is 264 g/mol. The summed E-state index contributed by atoms with van der Waals surface area (Å²) in [6, 6.07) is 5.45. The van der Waals surface area contributed by atoms with E-state index in [-0.39, 0.29) is 0 Å². The van der Waals surface area contributed by atoms with Crippen molar-refractivity contribution < 1.29 is 14.3 Å². The van der Waals surface area contributed by atoms with Crippen LogP contribution in [0.2, 0.25) is 0 Å². The van der Waals surface area contributed by atoms with Crippen LogP contribution in [0.5, 0.6) is 11.5 Å². The number of carbonyl (C=O) groups excluding carboxylic acids is 1. The van der Waals surface area contributed by atoms with Crippen molar-refractivity contribution in [2.75, 3.05) is 34.4 Å². The highest BCUT2D eigenvalue weighted by atomic mass is 16.5. The lowest BCUT2D eigenvalue weighted by molar-refractivity contribution is -0.113. The third-order valence-corrected chi connectivity index (χ3v) is 2.42. The molecule has 0 unspecified atom stereocenters. The van der Waals surface area contributed by atoms with Gasteiger partial charge in [-0.1, -0.05) is 6.07 Å². The fraction of sp³-hybridized carbons (Fsp3) is 0.357. The van der Waals surface area contributed by atoms with Crippen molar-refractivity contribution >= 4 is 12.0 Å². The van der Waals surface area contributed by atoms with E-state index in [2.05, 4.69) is 0 Å². The van der Waals surface area contributed by atoms with Crippen LogP contribution in [0.1, 0.15) is 5.56 Å². The third-order valence-electron chi connectivity index (χ3n) is 2.42. The SMILES string of the molecule is COc1cc(/C=C\C(N)=O)ccc1OCCN(C)C. The first-order valence-corrected chi connectivity index (χ1v) is 5.96. The van der Waals surface area contributed by atoms with E-state index in [0.29, 0.717) is 18.1 Å². The highest BCUT2D eigenvalue weighted by Gasteiger charge is 2.05. The number of hydrogen-bond acceptors (Lipinski definition) is 4. The van der Waals surface area contributed by atoms with E-state index in [9.17, 15) is 4.79 Å². The van der Waals surface area contributed by atoms with Crippen LogP contribution in [0.4, 0.5) is 0 Å². The minimum absolute atomic E-state index is 0.481. The smallest absolute Gasteiger partial charge is 0.241 e. The van der Waals surface area contributed by atoms with Crippen LogP contribution in [-0.4, -0.2) is 45.2 Å². The van der Waals surface area contributed by atoms with Crippen molar-refractivity contribution in [3.8, 4) is 11.5 Å². The molecule has 104 valence electrons. The van der Waals surface area contributed by atoms with Crippen molar-refractivity contribution in [2.24, 2.45) is 5.73 Å². The van der Waals surface area contributed by atoms with Crippen molar-refractivity contribution in [1.29, 1.82) is 0 Å². The maximum absolute atomic E-state index is 10.7. The van der Waals surface area contributed by atoms with Crippen LogP contribution in [0, 0.1) is 0 Å². The monoisotopic (exact) mass is 264 g/mol. The fourth-order valence-electron chi connectivity index (χ4n) is 1.42. The first-order chi connectivity index (χ1) is 9.02. The molecule has 0 bridgehead atoms. The molecule has 0 aliphatic rings. The largest absolute Gasteiger partial charge is 0.493 e. The number of nitrogens with two attached hydrogens (primary N) is 1. The zero-order valence-corrected chi connectivity index (χ0v) is 11.6. The van der Waals surface area contributed by atoms with Crippen LogP contribution in [0.3, 0.4) is 0 Å². The molecule has 2 N–H and O–H groups in total. The second kappa shape index (κ2) is 7.43. The van der Waals surface area contributed by atoms with Crippen molar-refractivity contribution in [1.82, 2.24) is 4.90 Å². The summed E-state index contributed by atoms with van der Waals surface area (Å²) in [5.74, 6) is 0.830. The maximum Gasteiger partial charge on any atom is 0.241 e. The minimum Gasteiger partial charge on any atom is -0.493 e. The molecule has 5 nitrogen and oxygen atoms in total. The van der Waals surface area contributed by atoms with Gasteiger partial charge in [0.25, 0.3) is 0 Å². The number of methoxy groups -OCH3 is 1. The summed E-state index contributed by atoms with van der Waals surface area (Å²) >= 11 is 0. The van der Waals surface area contributed by atoms with Crippen LogP contribution < -0.4 is 15.2 Å². The van der Waals surface area contributed by atoms with Crippen molar-refractivity contribution in [3.63, 3.8) is 0 Å². The Morgan fingerprint density at radius 3 is 2.68 bits per heavy atom. The number of amides is 1. The predicted molar refractivity (Wildman–Crippen MR) is 75.3 cm³/mol. The molecule has 5 heteroatoms. The minimum atomic E-state index is -0.481. The quantitative estimate of drug-likeness (QED) is 0.750. The summed E-state index contributed by atoms with van der Waals surface area (Å²) in [6.45, 7) is 1.41. The van der Waals surface area contributed by atoms with E-state index < -0.39 is 5.91 Å². The van der Waals surface area contributed by atoms with Crippen molar-refractivity contribution in [3.05, 3.63) is 29.8 Å². The summed E-state index contributed by atoms with van der Waals surface area (Å²) in [6.07, 6.45) is 2.94. The Hall–Kier alpha value is -2.01. The molecule has 0 aliphatic carbocycles. The van der Waals surface area contributed by atoms with Gasteiger partial charge in [0.15, 0.2) is 11.5 Å². The molecule has 1 rings (SSSR count). The molecular weight excluding hydrogens is 244 g/mol. The Balaban J connectivity index is 2.75. The van der Waals surface area contributed by atoms with Gasteiger partial charge in [-0.2, -0.15) is 0 Å². The van der Waals surface area contributed by atoms with Gasteiger partial charge in [0.2, 0.25) is 5.91 Å². The van der Waals surface area contributed by atoms with Crippen LogP contribution >= 0.6 is 0 Å². The standard InChI is InChI=1S/C14H20N2O3/c1-16(2)8-9-19-12-6-4-11(5-7-14(15)17)10-13(12)18-3/h4-7,10H,8-9H2,1-3H3,(H2,15,17)/b7-5-. The Morgan fingerprint density at radius 1 is 1.37 bits per heavy atom. The summed E-state index contributed by atoms with van der Waals surface area (Å²) in [4.78, 5) is 12.7. The summed E-state index contributed by atoms with van der Waals surface area (Å²) in [5, 5.41) is 0. The predicted octanol–water partition coefficient (Wildman–Crippen LogP) is 1.13.